The number of rotatable bonds is 3. The van der Waals surface area contributed by atoms with Crippen LogP contribution in [0.15, 0.2) is 42.6 Å². The Morgan fingerprint density at radius 3 is 2.40 bits per heavy atom. The third-order valence-corrected chi connectivity index (χ3v) is 5.92. The standard InChI is InChI=1S/C22H28N4O.CH2O2/c1-17-4-3-10-23-21(17)18-5-7-19(8-6-18)22(27)26-11-9-20(16-26)25-14-12-24(2)13-15-25;2-1-3/h3-8,10,20H,9,11-16H2,1-2H3;1H,(H,2,3). The minimum Gasteiger partial charge on any atom is -0.483 e. The molecule has 0 saturated carbocycles. The Morgan fingerprint density at radius 1 is 1.10 bits per heavy atom. The molecule has 30 heavy (non-hydrogen) atoms. The van der Waals surface area contributed by atoms with Gasteiger partial charge in [0.05, 0.1) is 5.69 Å². The maximum Gasteiger partial charge on any atom is 0.290 e. The zero-order valence-electron chi connectivity index (χ0n) is 17.7. The number of aromatic nitrogens is 1. The first-order valence-corrected chi connectivity index (χ1v) is 10.3. The van der Waals surface area contributed by atoms with Gasteiger partial charge in [0.25, 0.3) is 12.4 Å². The van der Waals surface area contributed by atoms with Crippen LogP contribution in [-0.4, -0.2) is 89.5 Å². The number of likely N-dealkylation sites (N-methyl/N-ethyl adjacent to an activating group) is 1. The van der Waals surface area contributed by atoms with E-state index >= 15 is 0 Å². The predicted molar refractivity (Wildman–Crippen MR) is 116 cm³/mol. The number of carbonyl (C=O) groups is 2. The van der Waals surface area contributed by atoms with Crippen molar-refractivity contribution in [1.82, 2.24) is 19.7 Å². The van der Waals surface area contributed by atoms with Gasteiger partial charge in [-0.2, -0.15) is 0 Å². The molecule has 2 aromatic rings. The normalized spacial score (nSPS) is 19.8. The van der Waals surface area contributed by atoms with Crippen molar-refractivity contribution in [1.29, 1.82) is 0 Å². The summed E-state index contributed by atoms with van der Waals surface area (Å²) >= 11 is 0. The van der Waals surface area contributed by atoms with E-state index in [0.717, 1.165) is 68.1 Å². The number of pyridine rings is 1. The summed E-state index contributed by atoms with van der Waals surface area (Å²) in [7, 11) is 2.18. The van der Waals surface area contributed by atoms with E-state index in [4.69, 9.17) is 9.90 Å². The maximum absolute atomic E-state index is 12.9. The van der Waals surface area contributed by atoms with Gasteiger partial charge in [-0.15, -0.1) is 0 Å². The quantitative estimate of drug-likeness (QED) is 0.782. The molecule has 0 aliphatic carbocycles. The minimum absolute atomic E-state index is 0.149. The zero-order valence-corrected chi connectivity index (χ0v) is 17.7. The number of amides is 1. The summed E-state index contributed by atoms with van der Waals surface area (Å²) in [5.41, 5.74) is 3.95. The number of piperazine rings is 1. The Labute approximate surface area is 177 Å². The van der Waals surface area contributed by atoms with Gasteiger partial charge in [0, 0.05) is 62.6 Å². The van der Waals surface area contributed by atoms with Crippen LogP contribution in [0, 0.1) is 6.92 Å². The molecule has 1 atom stereocenters. The summed E-state index contributed by atoms with van der Waals surface area (Å²) in [5, 5.41) is 6.89. The van der Waals surface area contributed by atoms with Crippen molar-refractivity contribution < 1.29 is 14.7 Å². The highest BCUT2D eigenvalue weighted by Gasteiger charge is 2.31. The molecule has 2 fully saturated rings. The summed E-state index contributed by atoms with van der Waals surface area (Å²) in [6, 6.07) is 12.4. The van der Waals surface area contributed by atoms with Crippen LogP contribution < -0.4 is 0 Å². The van der Waals surface area contributed by atoms with Crippen LogP contribution in [0.1, 0.15) is 22.3 Å². The second kappa shape index (κ2) is 10.3. The van der Waals surface area contributed by atoms with Gasteiger partial charge in [0.1, 0.15) is 0 Å². The lowest BCUT2D eigenvalue weighted by Crippen LogP contribution is -2.50. The first kappa shape index (κ1) is 21.9. The van der Waals surface area contributed by atoms with E-state index in [1.165, 1.54) is 0 Å². The first-order chi connectivity index (χ1) is 14.5. The second-order valence-electron chi connectivity index (χ2n) is 7.88. The molecule has 3 heterocycles. The number of hydrogen-bond acceptors (Lipinski definition) is 5. The molecular formula is C23H30N4O3. The smallest absolute Gasteiger partial charge is 0.290 e. The summed E-state index contributed by atoms with van der Waals surface area (Å²) in [6.07, 6.45) is 2.89. The molecule has 1 aromatic carbocycles. The van der Waals surface area contributed by atoms with Gasteiger partial charge in [-0.3, -0.25) is 19.5 Å². The molecule has 1 aromatic heterocycles. The van der Waals surface area contributed by atoms with Gasteiger partial charge >= 0.3 is 0 Å². The Morgan fingerprint density at radius 2 is 1.77 bits per heavy atom. The van der Waals surface area contributed by atoms with E-state index in [9.17, 15) is 4.79 Å². The monoisotopic (exact) mass is 410 g/mol. The van der Waals surface area contributed by atoms with Crippen molar-refractivity contribution in [2.45, 2.75) is 19.4 Å². The fourth-order valence-electron chi connectivity index (χ4n) is 4.15. The number of nitrogens with zero attached hydrogens (tertiary/aromatic N) is 4. The number of carbonyl (C=O) groups excluding carboxylic acids is 1. The van der Waals surface area contributed by atoms with Gasteiger partial charge in [-0.1, -0.05) is 18.2 Å². The van der Waals surface area contributed by atoms with Crippen molar-refractivity contribution in [3.8, 4) is 11.3 Å². The Kier molecular flexibility index (Phi) is 7.54. The van der Waals surface area contributed by atoms with E-state index in [1.54, 1.807) is 0 Å². The molecule has 2 saturated heterocycles. The van der Waals surface area contributed by atoms with Gasteiger partial charge in [-0.25, -0.2) is 0 Å². The molecule has 7 heteroatoms. The molecule has 1 N–H and O–H groups in total. The SMILES string of the molecule is Cc1cccnc1-c1ccc(C(=O)N2CCC(N3CCN(C)CC3)C2)cc1.O=CO. The number of carboxylic acid groups (broad SMARTS) is 1. The molecule has 2 aliphatic rings. The lowest BCUT2D eigenvalue weighted by atomic mass is 10.0. The zero-order chi connectivity index (χ0) is 21.5. The lowest BCUT2D eigenvalue weighted by Gasteiger charge is -2.36. The van der Waals surface area contributed by atoms with Crippen LogP contribution in [0.3, 0.4) is 0 Å². The van der Waals surface area contributed by atoms with Crippen LogP contribution in [0.4, 0.5) is 0 Å². The highest BCUT2D eigenvalue weighted by atomic mass is 16.3. The lowest BCUT2D eigenvalue weighted by molar-refractivity contribution is -0.122. The molecular weight excluding hydrogens is 380 g/mol. The molecule has 0 radical (unpaired) electrons. The minimum atomic E-state index is -0.250. The Bertz CT molecular complexity index is 848. The number of hydrogen-bond donors (Lipinski definition) is 1. The van der Waals surface area contributed by atoms with Crippen molar-refractivity contribution in [2.75, 3.05) is 46.3 Å². The van der Waals surface area contributed by atoms with Crippen LogP contribution in [0.2, 0.25) is 0 Å². The second-order valence-corrected chi connectivity index (χ2v) is 7.88. The van der Waals surface area contributed by atoms with E-state index in [1.807, 2.05) is 41.4 Å². The van der Waals surface area contributed by atoms with Gasteiger partial charge < -0.3 is 14.9 Å². The largest absolute Gasteiger partial charge is 0.483 e. The molecule has 7 nitrogen and oxygen atoms in total. The first-order valence-electron chi connectivity index (χ1n) is 10.3. The fraction of sp³-hybridized carbons (Fsp3) is 0.435. The van der Waals surface area contributed by atoms with E-state index in [2.05, 4.69) is 34.8 Å². The van der Waals surface area contributed by atoms with Crippen molar-refractivity contribution in [2.24, 2.45) is 0 Å². The molecule has 0 spiro atoms. The molecule has 2 aliphatic heterocycles. The highest BCUT2D eigenvalue weighted by molar-refractivity contribution is 5.95. The Hall–Kier alpha value is -2.77. The number of likely N-dealkylation sites (tertiary alicyclic amines) is 1. The average molecular weight is 411 g/mol. The summed E-state index contributed by atoms with van der Waals surface area (Å²) in [5.74, 6) is 0.149. The van der Waals surface area contributed by atoms with Gasteiger partial charge in [0.2, 0.25) is 0 Å². The maximum atomic E-state index is 12.9. The molecule has 0 bridgehead atoms. The van der Waals surface area contributed by atoms with Gasteiger partial charge in [-0.05, 0) is 44.2 Å². The molecule has 4 rings (SSSR count). The topological polar surface area (TPSA) is 77.0 Å². The molecule has 1 amide bonds. The van der Waals surface area contributed by atoms with Crippen LogP contribution in [0.5, 0.6) is 0 Å². The summed E-state index contributed by atoms with van der Waals surface area (Å²) in [4.78, 5) is 32.7. The molecule has 160 valence electrons. The van der Waals surface area contributed by atoms with Crippen LogP contribution >= 0.6 is 0 Å². The highest BCUT2D eigenvalue weighted by Crippen LogP contribution is 2.23. The van der Waals surface area contributed by atoms with E-state index in [-0.39, 0.29) is 12.4 Å². The fourth-order valence-corrected chi connectivity index (χ4v) is 4.15. The van der Waals surface area contributed by atoms with E-state index in [0.29, 0.717) is 6.04 Å². The number of benzene rings is 1. The summed E-state index contributed by atoms with van der Waals surface area (Å²) in [6.45, 7) is 7.99. The molecule has 1 unspecified atom stereocenters. The third kappa shape index (κ3) is 5.23. The van der Waals surface area contributed by atoms with Crippen molar-refractivity contribution in [3.63, 3.8) is 0 Å². The van der Waals surface area contributed by atoms with Crippen molar-refractivity contribution in [3.05, 3.63) is 53.7 Å². The van der Waals surface area contributed by atoms with Crippen LogP contribution in [-0.2, 0) is 4.79 Å². The Balaban J connectivity index is 0.000000806. The van der Waals surface area contributed by atoms with Crippen LogP contribution in [0.25, 0.3) is 11.3 Å². The predicted octanol–water partition coefficient (Wildman–Crippen LogP) is 2.22. The average Bonchev–Trinajstić information content (AvgIpc) is 3.25. The number of aryl methyl sites for hydroxylation is 1. The summed E-state index contributed by atoms with van der Waals surface area (Å²) < 4.78 is 0. The van der Waals surface area contributed by atoms with Crippen molar-refractivity contribution >= 4 is 12.4 Å². The van der Waals surface area contributed by atoms with Gasteiger partial charge in [0.15, 0.2) is 0 Å². The third-order valence-electron chi connectivity index (χ3n) is 5.92. The van der Waals surface area contributed by atoms with E-state index < -0.39 is 0 Å².